The molecule has 6 nitrogen and oxygen atoms in total. The molecule has 0 aliphatic carbocycles. The standard InChI is InChI=1S/C16H29NO5/c1-11(14(19)20)7-8-13(18)17-12(2)15(21)22-10-6-9-16(3,4)5/h11-12H,6-10H2,1-5H3,(H,17,18)(H,19,20). The predicted molar refractivity (Wildman–Crippen MR) is 83.3 cm³/mol. The smallest absolute Gasteiger partial charge is 0.328 e. The van der Waals surface area contributed by atoms with Gasteiger partial charge in [0.25, 0.3) is 0 Å². The number of carbonyl (C=O) groups is 3. The van der Waals surface area contributed by atoms with Gasteiger partial charge in [0, 0.05) is 6.42 Å². The third-order valence-corrected chi connectivity index (χ3v) is 3.27. The lowest BCUT2D eigenvalue weighted by molar-refractivity contribution is -0.148. The van der Waals surface area contributed by atoms with Crippen LogP contribution in [0.1, 0.15) is 60.3 Å². The zero-order valence-corrected chi connectivity index (χ0v) is 14.3. The molecular formula is C16H29NO5. The highest BCUT2D eigenvalue weighted by Gasteiger charge is 2.19. The van der Waals surface area contributed by atoms with Crippen LogP contribution in [-0.4, -0.2) is 35.6 Å². The first kappa shape index (κ1) is 20.4. The molecule has 0 radical (unpaired) electrons. The number of hydrogen-bond donors (Lipinski definition) is 2. The van der Waals surface area contributed by atoms with E-state index in [4.69, 9.17) is 9.84 Å². The molecule has 2 atom stereocenters. The Balaban J connectivity index is 3.94. The molecule has 0 heterocycles. The molecule has 0 aromatic carbocycles. The van der Waals surface area contributed by atoms with Crippen LogP contribution < -0.4 is 5.32 Å². The maximum Gasteiger partial charge on any atom is 0.328 e. The zero-order chi connectivity index (χ0) is 17.3. The summed E-state index contributed by atoms with van der Waals surface area (Å²) < 4.78 is 5.12. The lowest BCUT2D eigenvalue weighted by Gasteiger charge is -2.18. The molecule has 0 saturated carbocycles. The number of esters is 1. The minimum absolute atomic E-state index is 0.0785. The van der Waals surface area contributed by atoms with Crippen LogP contribution in [0.2, 0.25) is 0 Å². The molecule has 0 spiro atoms. The van der Waals surface area contributed by atoms with Gasteiger partial charge in [0.2, 0.25) is 5.91 Å². The van der Waals surface area contributed by atoms with Gasteiger partial charge in [-0.15, -0.1) is 0 Å². The van der Waals surface area contributed by atoms with Gasteiger partial charge in [-0.1, -0.05) is 27.7 Å². The van der Waals surface area contributed by atoms with E-state index >= 15 is 0 Å². The fraction of sp³-hybridized carbons (Fsp3) is 0.812. The highest BCUT2D eigenvalue weighted by atomic mass is 16.5. The Kier molecular flexibility index (Phi) is 8.75. The van der Waals surface area contributed by atoms with Crippen LogP contribution in [-0.2, 0) is 19.1 Å². The summed E-state index contributed by atoms with van der Waals surface area (Å²) in [6, 6.07) is -0.720. The highest BCUT2D eigenvalue weighted by Crippen LogP contribution is 2.20. The summed E-state index contributed by atoms with van der Waals surface area (Å²) in [4.78, 5) is 34.0. The van der Waals surface area contributed by atoms with Crippen molar-refractivity contribution in [1.29, 1.82) is 0 Å². The first-order chi connectivity index (χ1) is 10.0. The van der Waals surface area contributed by atoms with Gasteiger partial charge in [0.15, 0.2) is 0 Å². The number of carboxylic acids is 1. The number of hydrogen-bond acceptors (Lipinski definition) is 4. The van der Waals surface area contributed by atoms with Crippen LogP contribution in [0.3, 0.4) is 0 Å². The fourth-order valence-electron chi connectivity index (χ4n) is 1.74. The molecule has 0 aliphatic heterocycles. The van der Waals surface area contributed by atoms with Gasteiger partial charge < -0.3 is 15.2 Å². The van der Waals surface area contributed by atoms with Gasteiger partial charge in [-0.3, -0.25) is 9.59 Å². The average molecular weight is 315 g/mol. The Hall–Kier alpha value is -1.59. The van der Waals surface area contributed by atoms with Crippen molar-refractivity contribution >= 4 is 17.8 Å². The van der Waals surface area contributed by atoms with Crippen LogP contribution in [0.5, 0.6) is 0 Å². The number of nitrogens with one attached hydrogen (secondary N) is 1. The topological polar surface area (TPSA) is 92.7 Å². The summed E-state index contributed by atoms with van der Waals surface area (Å²) in [5.41, 5.74) is 0.201. The number of ether oxygens (including phenoxy) is 1. The van der Waals surface area contributed by atoms with Crippen molar-refractivity contribution in [2.45, 2.75) is 66.3 Å². The first-order valence-electron chi connectivity index (χ1n) is 7.71. The first-order valence-corrected chi connectivity index (χ1v) is 7.71. The SMILES string of the molecule is CC(CCC(=O)NC(C)C(=O)OCCCC(C)(C)C)C(=O)O. The number of carboxylic acid groups (broad SMARTS) is 1. The molecule has 1 amide bonds. The van der Waals surface area contributed by atoms with E-state index in [0.717, 1.165) is 12.8 Å². The Morgan fingerprint density at radius 1 is 1.18 bits per heavy atom. The van der Waals surface area contributed by atoms with Crippen LogP contribution in [0.4, 0.5) is 0 Å². The van der Waals surface area contributed by atoms with Gasteiger partial charge in [-0.25, -0.2) is 4.79 Å². The van der Waals surface area contributed by atoms with Crippen molar-refractivity contribution in [2.75, 3.05) is 6.61 Å². The van der Waals surface area contributed by atoms with Gasteiger partial charge >= 0.3 is 11.9 Å². The van der Waals surface area contributed by atoms with E-state index in [1.165, 1.54) is 0 Å². The second kappa shape index (κ2) is 9.43. The lowest BCUT2D eigenvalue weighted by Crippen LogP contribution is -2.39. The molecule has 0 aliphatic rings. The monoisotopic (exact) mass is 315 g/mol. The number of carbonyl (C=O) groups excluding carboxylic acids is 2. The Labute approximate surface area is 132 Å². The van der Waals surface area contributed by atoms with Gasteiger partial charge in [0.1, 0.15) is 6.04 Å². The van der Waals surface area contributed by atoms with E-state index in [1.807, 2.05) is 0 Å². The Morgan fingerprint density at radius 3 is 2.27 bits per heavy atom. The van der Waals surface area contributed by atoms with Gasteiger partial charge in [-0.2, -0.15) is 0 Å². The van der Waals surface area contributed by atoms with Crippen LogP contribution in [0.15, 0.2) is 0 Å². The van der Waals surface area contributed by atoms with E-state index in [2.05, 4.69) is 26.1 Å². The minimum atomic E-state index is -0.931. The number of rotatable bonds is 9. The molecular weight excluding hydrogens is 286 g/mol. The summed E-state index contributed by atoms with van der Waals surface area (Å²) in [6.45, 7) is 9.81. The third kappa shape index (κ3) is 10.2. The number of amides is 1. The van der Waals surface area contributed by atoms with Crippen LogP contribution in [0.25, 0.3) is 0 Å². The van der Waals surface area contributed by atoms with E-state index in [9.17, 15) is 14.4 Å². The summed E-state index contributed by atoms with van der Waals surface area (Å²) in [6.07, 6.45) is 2.06. The maximum atomic E-state index is 11.7. The summed E-state index contributed by atoms with van der Waals surface area (Å²) in [7, 11) is 0. The summed E-state index contributed by atoms with van der Waals surface area (Å²) >= 11 is 0. The molecule has 128 valence electrons. The molecule has 6 heteroatoms. The third-order valence-electron chi connectivity index (χ3n) is 3.27. The minimum Gasteiger partial charge on any atom is -0.481 e. The van der Waals surface area contributed by atoms with Crippen molar-refractivity contribution < 1.29 is 24.2 Å². The molecule has 0 aromatic heterocycles. The molecule has 2 unspecified atom stereocenters. The Morgan fingerprint density at radius 2 is 1.77 bits per heavy atom. The summed E-state index contributed by atoms with van der Waals surface area (Å²) in [5.74, 6) is -2.31. The number of aliphatic carboxylic acids is 1. The van der Waals surface area contributed by atoms with Gasteiger partial charge in [0.05, 0.1) is 12.5 Å². The fourth-order valence-corrected chi connectivity index (χ4v) is 1.74. The van der Waals surface area contributed by atoms with Crippen molar-refractivity contribution in [2.24, 2.45) is 11.3 Å². The lowest BCUT2D eigenvalue weighted by atomic mass is 9.91. The molecule has 0 rings (SSSR count). The second-order valence-electron chi connectivity index (χ2n) is 6.90. The maximum absolute atomic E-state index is 11.7. The predicted octanol–water partition coefficient (Wildman–Crippen LogP) is 2.36. The zero-order valence-electron chi connectivity index (χ0n) is 14.3. The van der Waals surface area contributed by atoms with Crippen LogP contribution >= 0.6 is 0 Å². The van der Waals surface area contributed by atoms with Crippen molar-refractivity contribution in [3.05, 3.63) is 0 Å². The van der Waals surface area contributed by atoms with Crippen molar-refractivity contribution in [1.82, 2.24) is 5.32 Å². The normalized spacial score (nSPS) is 14.0. The van der Waals surface area contributed by atoms with E-state index in [-0.39, 0.29) is 24.2 Å². The molecule has 0 bridgehead atoms. The van der Waals surface area contributed by atoms with E-state index in [0.29, 0.717) is 6.61 Å². The largest absolute Gasteiger partial charge is 0.481 e. The molecule has 0 fully saturated rings. The van der Waals surface area contributed by atoms with Crippen molar-refractivity contribution in [3.63, 3.8) is 0 Å². The van der Waals surface area contributed by atoms with E-state index in [1.54, 1.807) is 13.8 Å². The second-order valence-corrected chi connectivity index (χ2v) is 6.90. The molecule has 2 N–H and O–H groups in total. The van der Waals surface area contributed by atoms with Crippen LogP contribution in [0, 0.1) is 11.3 Å². The molecule has 0 aromatic rings. The average Bonchev–Trinajstić information content (AvgIpc) is 2.39. The summed E-state index contributed by atoms with van der Waals surface area (Å²) in [5, 5.41) is 11.3. The van der Waals surface area contributed by atoms with E-state index < -0.39 is 23.9 Å². The van der Waals surface area contributed by atoms with Crippen molar-refractivity contribution in [3.8, 4) is 0 Å². The molecule has 0 saturated heterocycles. The molecule has 22 heavy (non-hydrogen) atoms. The van der Waals surface area contributed by atoms with Gasteiger partial charge in [-0.05, 0) is 31.6 Å². The Bertz CT molecular complexity index is 386. The quantitative estimate of drug-likeness (QED) is 0.503. The highest BCUT2D eigenvalue weighted by molar-refractivity contribution is 5.84.